The molecule has 96 valence electrons. The van der Waals surface area contributed by atoms with E-state index in [0.717, 1.165) is 6.42 Å². The molecule has 1 unspecified atom stereocenters. The number of amides is 1. The van der Waals surface area contributed by atoms with Crippen LogP contribution in [0.25, 0.3) is 0 Å². The molecule has 2 aliphatic rings. The maximum Gasteiger partial charge on any atom is 0.328 e. The third-order valence-corrected chi connectivity index (χ3v) is 3.73. The fraction of sp³-hybridized carbons (Fsp3) is 0.833. The monoisotopic (exact) mass is 241 g/mol. The van der Waals surface area contributed by atoms with Crippen LogP contribution < -0.4 is 0 Å². The SMILES string of the molecule is O=C(O)C1COCCN1C(=O)CCC1CCC1. The van der Waals surface area contributed by atoms with Gasteiger partial charge in [0.2, 0.25) is 5.91 Å². The van der Waals surface area contributed by atoms with Crippen LogP contribution in [-0.2, 0) is 14.3 Å². The third-order valence-electron chi connectivity index (χ3n) is 3.73. The molecule has 0 aromatic rings. The average molecular weight is 241 g/mol. The number of carboxylic acid groups (broad SMARTS) is 1. The Bertz CT molecular complexity index is 301. The molecule has 0 spiro atoms. The highest BCUT2D eigenvalue weighted by Gasteiger charge is 2.32. The molecular formula is C12H19NO4. The number of aliphatic carboxylic acids is 1. The molecule has 17 heavy (non-hydrogen) atoms. The van der Waals surface area contributed by atoms with Crippen molar-refractivity contribution in [1.29, 1.82) is 0 Å². The zero-order chi connectivity index (χ0) is 12.3. The first kappa shape index (κ1) is 12.4. The molecule has 1 amide bonds. The van der Waals surface area contributed by atoms with Gasteiger partial charge < -0.3 is 14.7 Å². The Labute approximate surface area is 101 Å². The lowest BCUT2D eigenvalue weighted by molar-refractivity contribution is -0.158. The summed E-state index contributed by atoms with van der Waals surface area (Å²) in [4.78, 5) is 24.4. The highest BCUT2D eigenvalue weighted by molar-refractivity contribution is 5.84. The Balaban J connectivity index is 1.84. The first-order valence-electron chi connectivity index (χ1n) is 6.28. The second-order valence-corrected chi connectivity index (χ2v) is 4.85. The number of morpholine rings is 1. The van der Waals surface area contributed by atoms with Crippen molar-refractivity contribution in [3.05, 3.63) is 0 Å². The molecule has 0 bridgehead atoms. The minimum atomic E-state index is -0.971. The normalized spacial score (nSPS) is 25.4. The number of carbonyl (C=O) groups excluding carboxylic acids is 1. The summed E-state index contributed by atoms with van der Waals surface area (Å²) in [5.41, 5.74) is 0. The minimum absolute atomic E-state index is 0.0346. The maximum absolute atomic E-state index is 12.0. The fourth-order valence-electron chi connectivity index (χ4n) is 2.36. The van der Waals surface area contributed by atoms with Crippen LogP contribution in [0.3, 0.4) is 0 Å². The molecule has 0 aromatic heterocycles. The van der Waals surface area contributed by atoms with Gasteiger partial charge in [-0.1, -0.05) is 19.3 Å². The molecule has 1 saturated heterocycles. The zero-order valence-corrected chi connectivity index (χ0v) is 9.93. The van der Waals surface area contributed by atoms with Crippen molar-refractivity contribution in [2.75, 3.05) is 19.8 Å². The van der Waals surface area contributed by atoms with E-state index < -0.39 is 12.0 Å². The summed E-state index contributed by atoms with van der Waals surface area (Å²) < 4.78 is 5.11. The van der Waals surface area contributed by atoms with Crippen LogP contribution in [0.4, 0.5) is 0 Å². The number of rotatable bonds is 4. The average Bonchev–Trinajstić information content (AvgIpc) is 2.26. The third kappa shape index (κ3) is 2.97. The fourth-order valence-corrected chi connectivity index (χ4v) is 2.36. The predicted molar refractivity (Wildman–Crippen MR) is 60.5 cm³/mol. The van der Waals surface area contributed by atoms with E-state index in [-0.39, 0.29) is 12.5 Å². The highest BCUT2D eigenvalue weighted by Crippen LogP contribution is 2.30. The summed E-state index contributed by atoms with van der Waals surface area (Å²) in [6, 6.07) is -0.794. The van der Waals surface area contributed by atoms with Crippen LogP contribution in [0.1, 0.15) is 32.1 Å². The Morgan fingerprint density at radius 1 is 1.35 bits per heavy atom. The molecule has 0 radical (unpaired) electrons. The van der Waals surface area contributed by atoms with Crippen LogP contribution >= 0.6 is 0 Å². The topological polar surface area (TPSA) is 66.8 Å². The lowest BCUT2D eigenvalue weighted by Crippen LogP contribution is -2.52. The number of hydrogen-bond acceptors (Lipinski definition) is 3. The van der Waals surface area contributed by atoms with Gasteiger partial charge in [0.05, 0.1) is 13.2 Å². The first-order chi connectivity index (χ1) is 8.18. The van der Waals surface area contributed by atoms with Gasteiger partial charge >= 0.3 is 5.97 Å². The van der Waals surface area contributed by atoms with Gasteiger partial charge in [-0.3, -0.25) is 4.79 Å². The van der Waals surface area contributed by atoms with E-state index in [1.54, 1.807) is 0 Å². The molecule has 2 fully saturated rings. The van der Waals surface area contributed by atoms with Gasteiger partial charge in [-0.05, 0) is 12.3 Å². The highest BCUT2D eigenvalue weighted by atomic mass is 16.5. The second-order valence-electron chi connectivity index (χ2n) is 4.85. The van der Waals surface area contributed by atoms with Crippen molar-refractivity contribution in [2.24, 2.45) is 5.92 Å². The van der Waals surface area contributed by atoms with Gasteiger partial charge in [-0.2, -0.15) is 0 Å². The molecule has 2 rings (SSSR count). The summed E-state index contributed by atoms with van der Waals surface area (Å²) in [6.07, 6.45) is 5.10. The van der Waals surface area contributed by atoms with Crippen LogP contribution in [0.5, 0.6) is 0 Å². The van der Waals surface area contributed by atoms with Crippen molar-refractivity contribution in [3.63, 3.8) is 0 Å². The van der Waals surface area contributed by atoms with E-state index >= 15 is 0 Å². The Morgan fingerprint density at radius 2 is 2.12 bits per heavy atom. The lowest BCUT2D eigenvalue weighted by atomic mass is 9.82. The van der Waals surface area contributed by atoms with E-state index in [0.29, 0.717) is 25.5 Å². The predicted octanol–water partition coefficient (Wildman–Crippen LogP) is 0.879. The minimum Gasteiger partial charge on any atom is -0.480 e. The Kier molecular flexibility index (Phi) is 3.99. The van der Waals surface area contributed by atoms with Gasteiger partial charge in [0.25, 0.3) is 0 Å². The van der Waals surface area contributed by atoms with Gasteiger partial charge in [0.15, 0.2) is 6.04 Å². The Morgan fingerprint density at radius 3 is 2.71 bits per heavy atom. The van der Waals surface area contributed by atoms with Crippen LogP contribution in [0.15, 0.2) is 0 Å². The van der Waals surface area contributed by atoms with E-state index in [1.165, 1.54) is 24.2 Å². The zero-order valence-electron chi connectivity index (χ0n) is 9.93. The van der Waals surface area contributed by atoms with Gasteiger partial charge in [0.1, 0.15) is 0 Å². The van der Waals surface area contributed by atoms with Crippen molar-refractivity contribution in [1.82, 2.24) is 4.90 Å². The van der Waals surface area contributed by atoms with Crippen molar-refractivity contribution >= 4 is 11.9 Å². The molecule has 1 heterocycles. The van der Waals surface area contributed by atoms with Gasteiger partial charge in [0, 0.05) is 13.0 Å². The van der Waals surface area contributed by atoms with Gasteiger partial charge in [-0.15, -0.1) is 0 Å². The maximum atomic E-state index is 12.0. The molecule has 5 heteroatoms. The van der Waals surface area contributed by atoms with E-state index in [9.17, 15) is 9.59 Å². The summed E-state index contributed by atoms with van der Waals surface area (Å²) >= 11 is 0. The first-order valence-corrected chi connectivity index (χ1v) is 6.28. The smallest absolute Gasteiger partial charge is 0.328 e. The lowest BCUT2D eigenvalue weighted by Gasteiger charge is -2.33. The van der Waals surface area contributed by atoms with Crippen LogP contribution in [-0.4, -0.2) is 47.7 Å². The number of ether oxygens (including phenoxy) is 1. The number of hydrogen-bond donors (Lipinski definition) is 1. The molecule has 1 N–H and O–H groups in total. The van der Waals surface area contributed by atoms with E-state index in [4.69, 9.17) is 9.84 Å². The molecule has 1 saturated carbocycles. The second kappa shape index (κ2) is 5.49. The molecule has 1 aliphatic carbocycles. The number of carboxylic acids is 1. The van der Waals surface area contributed by atoms with Crippen molar-refractivity contribution < 1.29 is 19.4 Å². The van der Waals surface area contributed by atoms with Crippen LogP contribution in [0, 0.1) is 5.92 Å². The van der Waals surface area contributed by atoms with Crippen molar-refractivity contribution in [2.45, 2.75) is 38.1 Å². The van der Waals surface area contributed by atoms with Crippen molar-refractivity contribution in [3.8, 4) is 0 Å². The molecule has 5 nitrogen and oxygen atoms in total. The Hall–Kier alpha value is -1.10. The van der Waals surface area contributed by atoms with E-state index in [1.807, 2.05) is 0 Å². The molecule has 0 aromatic carbocycles. The number of nitrogens with zero attached hydrogens (tertiary/aromatic N) is 1. The van der Waals surface area contributed by atoms with Gasteiger partial charge in [-0.25, -0.2) is 4.79 Å². The molecule has 1 aliphatic heterocycles. The largest absolute Gasteiger partial charge is 0.480 e. The summed E-state index contributed by atoms with van der Waals surface area (Å²) in [6.45, 7) is 0.962. The molecular weight excluding hydrogens is 222 g/mol. The quantitative estimate of drug-likeness (QED) is 0.793. The number of carbonyl (C=O) groups is 2. The summed E-state index contributed by atoms with van der Waals surface area (Å²) in [5.74, 6) is -0.322. The standard InChI is InChI=1S/C12H19NO4/c14-11(5-4-9-2-1-3-9)13-6-7-17-8-10(13)12(15)16/h9-10H,1-8H2,(H,15,16). The molecule has 1 atom stereocenters. The summed E-state index contributed by atoms with van der Waals surface area (Å²) in [5, 5.41) is 9.02. The van der Waals surface area contributed by atoms with E-state index in [2.05, 4.69) is 0 Å². The summed E-state index contributed by atoms with van der Waals surface area (Å²) in [7, 11) is 0. The van der Waals surface area contributed by atoms with Crippen LogP contribution in [0.2, 0.25) is 0 Å².